The number of amides is 1. The maximum Gasteiger partial charge on any atom is 0.225 e. The number of hydrogen-bond donors (Lipinski definition) is 1. The predicted octanol–water partition coefficient (Wildman–Crippen LogP) is 4.67. The molecule has 3 heterocycles. The van der Waals surface area contributed by atoms with Crippen LogP contribution in [-0.2, 0) is 9.53 Å². The van der Waals surface area contributed by atoms with Gasteiger partial charge in [0.05, 0.1) is 24.3 Å². The molecular formula is C28H33N5O2. The molecule has 2 aromatic heterocycles. The van der Waals surface area contributed by atoms with Crippen LogP contribution in [0.1, 0.15) is 54.5 Å². The van der Waals surface area contributed by atoms with Crippen molar-refractivity contribution in [2.45, 2.75) is 52.0 Å². The van der Waals surface area contributed by atoms with Crippen molar-refractivity contribution in [3.8, 4) is 17.2 Å². The number of piperazine rings is 1. The Morgan fingerprint density at radius 1 is 1.23 bits per heavy atom. The fourth-order valence-electron chi connectivity index (χ4n) is 5.47. The number of fused-ring (bicyclic) bond motifs is 1. The van der Waals surface area contributed by atoms with Crippen LogP contribution < -0.4 is 4.90 Å². The van der Waals surface area contributed by atoms with Crippen LogP contribution in [0.5, 0.6) is 0 Å². The van der Waals surface area contributed by atoms with Crippen LogP contribution in [0.2, 0.25) is 0 Å². The van der Waals surface area contributed by atoms with E-state index in [9.17, 15) is 10.1 Å². The molecule has 5 rings (SSSR count). The van der Waals surface area contributed by atoms with Crippen molar-refractivity contribution in [1.82, 2.24) is 14.9 Å². The van der Waals surface area contributed by atoms with E-state index >= 15 is 0 Å². The molecular weight excluding hydrogens is 438 g/mol. The van der Waals surface area contributed by atoms with Crippen molar-refractivity contribution in [3.63, 3.8) is 0 Å². The van der Waals surface area contributed by atoms with Gasteiger partial charge in [-0.1, -0.05) is 6.07 Å². The second kappa shape index (κ2) is 9.35. The minimum absolute atomic E-state index is 0.0454. The van der Waals surface area contributed by atoms with Crippen LogP contribution in [0.3, 0.4) is 0 Å². The third-order valence-electron chi connectivity index (χ3n) is 7.57. The van der Waals surface area contributed by atoms with Crippen molar-refractivity contribution in [2.75, 3.05) is 38.3 Å². The van der Waals surface area contributed by atoms with Crippen LogP contribution in [0.25, 0.3) is 22.0 Å². The minimum Gasteiger partial charge on any atom is -0.384 e. The average molecular weight is 472 g/mol. The number of pyridine rings is 1. The van der Waals surface area contributed by atoms with Gasteiger partial charge in [-0.15, -0.1) is 0 Å². The normalized spacial score (nSPS) is 18.2. The van der Waals surface area contributed by atoms with E-state index in [1.165, 1.54) is 10.9 Å². The number of H-pyrrole nitrogens is 1. The van der Waals surface area contributed by atoms with Gasteiger partial charge in [-0.2, -0.15) is 5.26 Å². The Morgan fingerprint density at radius 3 is 2.71 bits per heavy atom. The van der Waals surface area contributed by atoms with Crippen LogP contribution in [0.15, 0.2) is 24.4 Å². The molecule has 35 heavy (non-hydrogen) atoms. The first-order chi connectivity index (χ1) is 16.9. The van der Waals surface area contributed by atoms with Crippen LogP contribution in [0.4, 0.5) is 5.82 Å². The van der Waals surface area contributed by atoms with Crippen molar-refractivity contribution in [2.24, 2.45) is 0 Å². The second-order valence-electron chi connectivity index (χ2n) is 9.88. The molecule has 182 valence electrons. The number of nitrogens with zero attached hydrogens (tertiary/aromatic N) is 4. The number of nitrogens with one attached hydrogen (secondary N) is 1. The molecule has 1 saturated heterocycles. The van der Waals surface area contributed by atoms with Gasteiger partial charge in [-0.3, -0.25) is 4.79 Å². The smallest absolute Gasteiger partial charge is 0.225 e. The molecule has 0 bridgehead atoms. The Bertz CT molecular complexity index is 1320. The third kappa shape index (κ3) is 4.17. The van der Waals surface area contributed by atoms with Gasteiger partial charge in [0.15, 0.2) is 0 Å². The maximum absolute atomic E-state index is 12.6. The number of aryl methyl sites for hydroxylation is 1. The molecule has 3 aromatic rings. The summed E-state index contributed by atoms with van der Waals surface area (Å²) in [7, 11) is 1.62. The highest BCUT2D eigenvalue weighted by Gasteiger charge is 2.34. The van der Waals surface area contributed by atoms with Gasteiger partial charge in [0.2, 0.25) is 5.91 Å². The fraction of sp³-hybridized carbons (Fsp3) is 0.464. The van der Waals surface area contributed by atoms with Crippen LogP contribution in [-0.4, -0.2) is 60.2 Å². The molecule has 2 aliphatic rings. The van der Waals surface area contributed by atoms with Crippen LogP contribution in [0, 0.1) is 25.2 Å². The van der Waals surface area contributed by atoms with E-state index in [0.717, 1.165) is 46.6 Å². The number of carbonyl (C=O) groups excluding carboxylic acids is 1. The second-order valence-corrected chi connectivity index (χ2v) is 9.88. The first-order valence-corrected chi connectivity index (χ1v) is 12.5. The lowest BCUT2D eigenvalue weighted by Gasteiger charge is -2.41. The van der Waals surface area contributed by atoms with Gasteiger partial charge in [-0.25, -0.2) is 4.98 Å². The summed E-state index contributed by atoms with van der Waals surface area (Å²) in [5.74, 6) is 1.33. The average Bonchev–Trinajstić information content (AvgIpc) is 3.58. The molecule has 1 atom stereocenters. The first kappa shape index (κ1) is 23.4. The molecule has 0 radical (unpaired) electrons. The molecule has 1 N–H and O–H groups in total. The van der Waals surface area contributed by atoms with Gasteiger partial charge < -0.3 is 19.5 Å². The number of hydrogen-bond acceptors (Lipinski definition) is 5. The summed E-state index contributed by atoms with van der Waals surface area (Å²) >= 11 is 0. The van der Waals surface area contributed by atoms with E-state index in [4.69, 9.17) is 9.72 Å². The number of nitriles is 1. The van der Waals surface area contributed by atoms with E-state index < -0.39 is 0 Å². The zero-order valence-electron chi connectivity index (χ0n) is 21.0. The summed E-state index contributed by atoms with van der Waals surface area (Å²) < 4.78 is 5.08. The highest BCUT2D eigenvalue weighted by atomic mass is 16.5. The number of anilines is 1. The van der Waals surface area contributed by atoms with Crippen LogP contribution >= 0.6 is 0 Å². The zero-order chi connectivity index (χ0) is 24.7. The number of aromatic amines is 1. The van der Waals surface area contributed by atoms with E-state index in [0.29, 0.717) is 44.1 Å². The van der Waals surface area contributed by atoms with Crippen molar-refractivity contribution in [3.05, 3.63) is 46.8 Å². The Balaban J connectivity index is 1.54. The topological polar surface area (TPSA) is 85.2 Å². The highest BCUT2D eigenvalue weighted by Crippen LogP contribution is 2.47. The van der Waals surface area contributed by atoms with Gasteiger partial charge in [0, 0.05) is 61.4 Å². The largest absolute Gasteiger partial charge is 0.384 e. The minimum atomic E-state index is 0.0454. The Morgan fingerprint density at radius 2 is 2.03 bits per heavy atom. The van der Waals surface area contributed by atoms with Crippen molar-refractivity contribution < 1.29 is 9.53 Å². The molecule has 0 unspecified atom stereocenters. The summed E-state index contributed by atoms with van der Waals surface area (Å²) in [5, 5.41) is 11.5. The number of ether oxygens (including phenoxy) is 1. The van der Waals surface area contributed by atoms with Gasteiger partial charge in [0.1, 0.15) is 11.9 Å². The molecule has 1 aliphatic carbocycles. The standard InChI is InChI=1S/C28H33N5O2/c1-17-16-32(12-13-33(17)25(34)10-14-35-4)28-23(15-29)19(3)26(27(31-28)20-5-6-20)22-7-8-24-21(18(22)2)9-11-30-24/h7-9,11,17,20,30H,5-6,10,12-14,16H2,1-4H3/t17-/m1/s1. The van der Waals surface area contributed by atoms with E-state index in [1.54, 1.807) is 7.11 Å². The van der Waals surface area contributed by atoms with Crippen molar-refractivity contribution in [1.29, 1.82) is 5.26 Å². The molecule has 1 aromatic carbocycles. The molecule has 1 aliphatic heterocycles. The number of methoxy groups -OCH3 is 1. The number of aromatic nitrogens is 2. The van der Waals surface area contributed by atoms with E-state index in [2.05, 4.69) is 54.9 Å². The molecule has 0 spiro atoms. The Kier molecular flexibility index (Phi) is 6.24. The van der Waals surface area contributed by atoms with Crippen molar-refractivity contribution >= 4 is 22.6 Å². The predicted molar refractivity (Wildman–Crippen MR) is 138 cm³/mol. The molecule has 1 amide bonds. The van der Waals surface area contributed by atoms with E-state index in [-0.39, 0.29) is 11.9 Å². The Hall–Kier alpha value is -3.37. The summed E-state index contributed by atoms with van der Waals surface area (Å²) in [4.78, 5) is 25.2. The molecule has 1 saturated carbocycles. The molecule has 2 fully saturated rings. The monoisotopic (exact) mass is 471 g/mol. The lowest BCUT2D eigenvalue weighted by atomic mass is 9.89. The zero-order valence-corrected chi connectivity index (χ0v) is 21.0. The lowest BCUT2D eigenvalue weighted by molar-refractivity contribution is -0.134. The molecule has 7 heteroatoms. The van der Waals surface area contributed by atoms with Gasteiger partial charge >= 0.3 is 0 Å². The fourth-order valence-corrected chi connectivity index (χ4v) is 5.47. The third-order valence-corrected chi connectivity index (χ3v) is 7.57. The van der Waals surface area contributed by atoms with Gasteiger partial charge in [-0.05, 0) is 62.4 Å². The SMILES string of the molecule is COCCC(=O)N1CCN(c2nc(C3CC3)c(-c3ccc4[nH]ccc4c3C)c(C)c2C#N)C[C@H]1C. The summed E-state index contributed by atoms with van der Waals surface area (Å²) in [6.45, 7) is 8.69. The van der Waals surface area contributed by atoms with Gasteiger partial charge in [0.25, 0.3) is 0 Å². The quantitative estimate of drug-likeness (QED) is 0.565. The lowest BCUT2D eigenvalue weighted by Crippen LogP contribution is -2.54. The summed E-state index contributed by atoms with van der Waals surface area (Å²) in [6.07, 6.45) is 4.63. The summed E-state index contributed by atoms with van der Waals surface area (Å²) in [6, 6.07) is 8.92. The Labute approximate surface area is 206 Å². The first-order valence-electron chi connectivity index (χ1n) is 12.5. The molecule has 7 nitrogen and oxygen atoms in total. The highest BCUT2D eigenvalue weighted by molar-refractivity contribution is 5.91. The maximum atomic E-state index is 12.6. The number of carbonyl (C=O) groups is 1. The van der Waals surface area contributed by atoms with E-state index in [1.807, 2.05) is 11.1 Å². The number of benzene rings is 1. The number of rotatable bonds is 6. The summed E-state index contributed by atoms with van der Waals surface area (Å²) in [5.41, 5.74) is 7.37.